The van der Waals surface area contributed by atoms with Crippen LogP contribution in [0.15, 0.2) is 12.3 Å². The van der Waals surface area contributed by atoms with Gasteiger partial charge in [-0.05, 0) is 52.3 Å². The lowest BCUT2D eigenvalue weighted by atomic mass is 9.92. The predicted molar refractivity (Wildman–Crippen MR) is 110 cm³/mol. The number of rotatable bonds is 3. The van der Waals surface area contributed by atoms with Crippen LogP contribution in [0.1, 0.15) is 31.4 Å². The lowest BCUT2D eigenvalue weighted by Crippen LogP contribution is -2.54. The summed E-state index contributed by atoms with van der Waals surface area (Å²) in [5.41, 5.74) is 1.02. The van der Waals surface area contributed by atoms with Gasteiger partial charge < -0.3 is 14.7 Å². The van der Waals surface area contributed by atoms with Gasteiger partial charge in [-0.15, -0.1) is 0 Å². The Morgan fingerprint density at radius 1 is 1.04 bits per heavy atom. The van der Waals surface area contributed by atoms with Crippen LogP contribution < -0.4 is 4.90 Å². The minimum Gasteiger partial charge on any atom is -0.341 e. The Balaban J connectivity index is 1.30. The lowest BCUT2D eigenvalue weighted by molar-refractivity contribution is -0.139. The molecule has 1 atom stereocenters. The van der Waals surface area contributed by atoms with Crippen molar-refractivity contribution in [2.45, 2.75) is 38.6 Å². The first-order valence-corrected chi connectivity index (χ1v) is 10.9. The van der Waals surface area contributed by atoms with Crippen molar-refractivity contribution in [3.63, 3.8) is 0 Å². The number of aromatic nitrogens is 2. The fourth-order valence-corrected chi connectivity index (χ4v) is 4.84. The number of piperazine rings is 1. The number of hydrogen-bond donors (Lipinski definition) is 0. The molecule has 0 unspecified atom stereocenters. The number of likely N-dealkylation sites (N-methyl/N-ethyl adjacent to an activating group) is 1. The van der Waals surface area contributed by atoms with Crippen molar-refractivity contribution >= 4 is 11.9 Å². The number of anilines is 1. The molecule has 0 spiro atoms. The van der Waals surface area contributed by atoms with Gasteiger partial charge in [-0.25, -0.2) is 9.97 Å². The summed E-state index contributed by atoms with van der Waals surface area (Å²) >= 11 is 0. The molecule has 3 fully saturated rings. The summed E-state index contributed by atoms with van der Waals surface area (Å²) in [5, 5.41) is 0. The normalized spacial score (nSPS) is 25.9. The minimum atomic E-state index is 0.190. The third-order valence-corrected chi connectivity index (χ3v) is 6.66. The van der Waals surface area contributed by atoms with Crippen LogP contribution in [0.2, 0.25) is 0 Å². The summed E-state index contributed by atoms with van der Waals surface area (Å²) in [6.45, 7) is 9.88. The van der Waals surface area contributed by atoms with E-state index in [1.807, 2.05) is 19.2 Å². The summed E-state index contributed by atoms with van der Waals surface area (Å²) in [7, 11) is 2.14. The molecule has 1 aromatic heterocycles. The molecule has 3 saturated heterocycles. The molecule has 0 aliphatic carbocycles. The highest BCUT2D eigenvalue weighted by Crippen LogP contribution is 2.26. The number of amides is 1. The Morgan fingerprint density at radius 2 is 1.79 bits per heavy atom. The van der Waals surface area contributed by atoms with Crippen molar-refractivity contribution < 1.29 is 4.79 Å². The quantitative estimate of drug-likeness (QED) is 0.779. The zero-order valence-corrected chi connectivity index (χ0v) is 17.4. The zero-order chi connectivity index (χ0) is 19.5. The van der Waals surface area contributed by atoms with Gasteiger partial charge in [0.15, 0.2) is 0 Å². The Bertz CT molecular complexity index is 667. The molecule has 4 heterocycles. The van der Waals surface area contributed by atoms with Gasteiger partial charge in [0.05, 0.1) is 5.92 Å². The second kappa shape index (κ2) is 8.74. The van der Waals surface area contributed by atoms with Crippen LogP contribution >= 0.6 is 0 Å². The lowest BCUT2D eigenvalue weighted by Gasteiger charge is -2.43. The maximum absolute atomic E-state index is 13.0. The Morgan fingerprint density at radius 3 is 2.50 bits per heavy atom. The fraction of sp³-hybridized carbons (Fsp3) is 0.762. The van der Waals surface area contributed by atoms with Crippen LogP contribution in [0.3, 0.4) is 0 Å². The summed E-state index contributed by atoms with van der Waals surface area (Å²) in [6, 6.07) is 2.53. The summed E-state index contributed by atoms with van der Waals surface area (Å²) in [4.78, 5) is 31.3. The topological polar surface area (TPSA) is 55.8 Å². The molecule has 1 aromatic rings. The maximum atomic E-state index is 13.0. The molecule has 4 rings (SSSR count). The van der Waals surface area contributed by atoms with E-state index in [0.29, 0.717) is 11.9 Å². The molecule has 28 heavy (non-hydrogen) atoms. The third kappa shape index (κ3) is 4.46. The van der Waals surface area contributed by atoms with Gasteiger partial charge in [0.25, 0.3) is 0 Å². The highest BCUT2D eigenvalue weighted by molar-refractivity contribution is 5.79. The number of hydrogen-bond acceptors (Lipinski definition) is 6. The molecule has 7 nitrogen and oxygen atoms in total. The second-order valence-electron chi connectivity index (χ2n) is 8.68. The smallest absolute Gasteiger partial charge is 0.227 e. The first kappa shape index (κ1) is 19.6. The van der Waals surface area contributed by atoms with Gasteiger partial charge in [0, 0.05) is 63.7 Å². The molecule has 154 valence electrons. The Kier molecular flexibility index (Phi) is 6.11. The van der Waals surface area contributed by atoms with E-state index in [-0.39, 0.29) is 5.92 Å². The molecule has 0 radical (unpaired) electrons. The Hall–Kier alpha value is -1.73. The summed E-state index contributed by atoms with van der Waals surface area (Å²) in [6.07, 6.45) is 6.31. The minimum absolute atomic E-state index is 0.190. The van der Waals surface area contributed by atoms with E-state index in [2.05, 4.69) is 36.6 Å². The number of nitrogens with zero attached hydrogens (tertiary/aromatic N) is 6. The molecule has 0 saturated carbocycles. The number of piperidine rings is 2. The number of aryl methyl sites for hydroxylation is 1. The summed E-state index contributed by atoms with van der Waals surface area (Å²) < 4.78 is 0. The van der Waals surface area contributed by atoms with Gasteiger partial charge in [0.2, 0.25) is 11.9 Å². The average Bonchev–Trinajstić information content (AvgIpc) is 2.74. The van der Waals surface area contributed by atoms with Crippen LogP contribution in [0, 0.1) is 12.8 Å². The van der Waals surface area contributed by atoms with Crippen molar-refractivity contribution in [3.05, 3.63) is 18.0 Å². The number of likely N-dealkylation sites (tertiary alicyclic amines) is 1. The van der Waals surface area contributed by atoms with Crippen LogP contribution in [-0.4, -0.2) is 96.0 Å². The van der Waals surface area contributed by atoms with Gasteiger partial charge >= 0.3 is 0 Å². The summed E-state index contributed by atoms with van der Waals surface area (Å²) in [5.74, 6) is 1.44. The van der Waals surface area contributed by atoms with Crippen molar-refractivity contribution in [1.29, 1.82) is 0 Å². The van der Waals surface area contributed by atoms with Crippen molar-refractivity contribution in [1.82, 2.24) is 24.7 Å². The SMILES string of the molecule is Cc1ccnc(N2CCC(N3CCC[C@@H](C(=O)N4CCN(C)CC4)C3)CC2)n1. The molecular weight excluding hydrogens is 352 g/mol. The van der Waals surface area contributed by atoms with E-state index in [0.717, 1.165) is 89.7 Å². The third-order valence-electron chi connectivity index (χ3n) is 6.66. The molecule has 3 aliphatic rings. The molecular formula is C21H34N6O. The van der Waals surface area contributed by atoms with Gasteiger partial charge in [0.1, 0.15) is 0 Å². The van der Waals surface area contributed by atoms with E-state index in [9.17, 15) is 4.79 Å². The molecule has 1 amide bonds. The molecule has 3 aliphatic heterocycles. The second-order valence-corrected chi connectivity index (χ2v) is 8.68. The predicted octanol–water partition coefficient (Wildman–Crippen LogP) is 1.24. The first-order chi connectivity index (χ1) is 13.6. The van der Waals surface area contributed by atoms with E-state index in [1.165, 1.54) is 0 Å². The molecule has 0 aromatic carbocycles. The van der Waals surface area contributed by atoms with Crippen molar-refractivity contribution in [3.8, 4) is 0 Å². The molecule has 7 heteroatoms. The van der Waals surface area contributed by atoms with Gasteiger partial charge in [-0.2, -0.15) is 0 Å². The Labute approximate surface area is 168 Å². The van der Waals surface area contributed by atoms with Crippen molar-refractivity contribution in [2.75, 3.05) is 64.3 Å². The largest absolute Gasteiger partial charge is 0.341 e. The van der Waals surface area contributed by atoms with Crippen LogP contribution in [0.4, 0.5) is 5.95 Å². The van der Waals surface area contributed by atoms with Gasteiger partial charge in [-0.3, -0.25) is 9.69 Å². The van der Waals surface area contributed by atoms with E-state index in [4.69, 9.17) is 0 Å². The van der Waals surface area contributed by atoms with Crippen LogP contribution in [0.5, 0.6) is 0 Å². The fourth-order valence-electron chi connectivity index (χ4n) is 4.84. The molecule has 0 bridgehead atoms. The average molecular weight is 387 g/mol. The first-order valence-electron chi connectivity index (χ1n) is 10.9. The van der Waals surface area contributed by atoms with Gasteiger partial charge in [-0.1, -0.05) is 0 Å². The standard InChI is InChI=1S/C21H34N6O/c1-17-5-8-22-21(23-17)26-10-6-19(7-11-26)27-9-3-4-18(16-27)20(28)25-14-12-24(2)13-15-25/h5,8,18-19H,3-4,6-7,9-16H2,1-2H3/t18-/m1/s1. The zero-order valence-electron chi connectivity index (χ0n) is 17.4. The van der Waals surface area contributed by atoms with Crippen LogP contribution in [0.25, 0.3) is 0 Å². The molecule has 0 N–H and O–H groups in total. The van der Waals surface area contributed by atoms with E-state index < -0.39 is 0 Å². The maximum Gasteiger partial charge on any atom is 0.227 e. The van der Waals surface area contributed by atoms with E-state index in [1.54, 1.807) is 0 Å². The number of carbonyl (C=O) groups excluding carboxylic acids is 1. The van der Waals surface area contributed by atoms with Crippen LogP contribution in [-0.2, 0) is 4.79 Å². The highest BCUT2D eigenvalue weighted by atomic mass is 16.2. The number of carbonyl (C=O) groups is 1. The highest BCUT2D eigenvalue weighted by Gasteiger charge is 2.34. The monoisotopic (exact) mass is 386 g/mol. The van der Waals surface area contributed by atoms with Crippen molar-refractivity contribution in [2.24, 2.45) is 5.92 Å². The van der Waals surface area contributed by atoms with E-state index >= 15 is 0 Å².